The van der Waals surface area contributed by atoms with Crippen molar-refractivity contribution in [3.05, 3.63) is 71.8 Å². The molecule has 0 aliphatic carbocycles. The number of benzene rings is 2. The number of rotatable bonds is 11. The quantitative estimate of drug-likeness (QED) is 0.255. The number of hydrogen-bond acceptors (Lipinski definition) is 4. The molecule has 35 heavy (non-hydrogen) atoms. The average molecular weight is 494 g/mol. The minimum absolute atomic E-state index is 0.0112. The third-order valence-electron chi connectivity index (χ3n) is 7.18. The zero-order valence-corrected chi connectivity index (χ0v) is 22.2. The molecule has 0 spiro atoms. The Bertz CT molecular complexity index is 974. The van der Waals surface area contributed by atoms with Crippen LogP contribution in [-0.4, -0.2) is 34.3 Å². The van der Waals surface area contributed by atoms with Crippen molar-refractivity contribution in [2.24, 2.45) is 5.41 Å². The number of piperidine rings is 1. The summed E-state index contributed by atoms with van der Waals surface area (Å²) < 4.78 is 0. The van der Waals surface area contributed by atoms with Crippen LogP contribution in [0.1, 0.15) is 82.1 Å². The van der Waals surface area contributed by atoms with Crippen molar-refractivity contribution < 1.29 is 14.4 Å². The van der Waals surface area contributed by atoms with Gasteiger partial charge in [-0.1, -0.05) is 99.6 Å². The number of carbonyl (C=O) groups is 3. The lowest BCUT2D eigenvalue weighted by Gasteiger charge is -2.36. The molecule has 0 radical (unpaired) electrons. The summed E-state index contributed by atoms with van der Waals surface area (Å²) in [4.78, 5) is 41.1. The Morgan fingerprint density at radius 1 is 0.971 bits per heavy atom. The van der Waals surface area contributed by atoms with Crippen LogP contribution in [-0.2, 0) is 20.8 Å². The van der Waals surface area contributed by atoms with Crippen LogP contribution < -0.4 is 0 Å². The Balaban J connectivity index is 1.67. The van der Waals surface area contributed by atoms with E-state index in [4.69, 9.17) is 0 Å². The van der Waals surface area contributed by atoms with Crippen LogP contribution in [0.15, 0.2) is 60.7 Å². The van der Waals surface area contributed by atoms with E-state index in [1.54, 1.807) is 4.90 Å². The molecule has 0 saturated carbocycles. The van der Waals surface area contributed by atoms with Gasteiger partial charge in [0.1, 0.15) is 6.04 Å². The van der Waals surface area contributed by atoms with E-state index in [1.165, 1.54) is 17.3 Å². The first kappa shape index (κ1) is 27.2. The smallest absolute Gasteiger partial charge is 0.291 e. The molecule has 0 N–H and O–H groups in total. The fourth-order valence-corrected chi connectivity index (χ4v) is 5.74. The molecular formula is C30H39NO3S. The van der Waals surface area contributed by atoms with Gasteiger partial charge in [0.15, 0.2) is 0 Å². The lowest BCUT2D eigenvalue weighted by Crippen LogP contribution is -2.52. The number of amides is 1. The van der Waals surface area contributed by atoms with E-state index < -0.39 is 17.4 Å². The van der Waals surface area contributed by atoms with Crippen molar-refractivity contribution in [3.63, 3.8) is 0 Å². The lowest BCUT2D eigenvalue weighted by molar-refractivity contribution is -0.152. The maximum absolute atomic E-state index is 13.6. The standard InChI is InChI=1S/C30H39NO3S/c1-4-30(2,3)27(32)28(33)31-22-14-13-20-25(31)29(34)35-26(24-18-9-6-10-19-24)21-12-11-17-23-15-7-5-8-16-23/h5-10,15-16,18-19,25-26H,4,11-14,17,20-22H2,1-3H3. The van der Waals surface area contributed by atoms with E-state index in [0.717, 1.165) is 44.1 Å². The predicted octanol–water partition coefficient (Wildman–Crippen LogP) is 6.79. The molecule has 0 bridgehead atoms. The highest BCUT2D eigenvalue weighted by Crippen LogP contribution is 2.37. The number of thioether (sulfide) groups is 1. The van der Waals surface area contributed by atoms with Gasteiger partial charge in [0.2, 0.25) is 10.9 Å². The number of carbonyl (C=O) groups excluding carboxylic acids is 3. The Kier molecular flexibility index (Phi) is 10.1. The van der Waals surface area contributed by atoms with E-state index >= 15 is 0 Å². The molecule has 3 rings (SSSR count). The lowest BCUT2D eigenvalue weighted by atomic mass is 9.84. The first-order valence-electron chi connectivity index (χ1n) is 13.0. The van der Waals surface area contributed by atoms with Gasteiger partial charge in [-0.2, -0.15) is 0 Å². The molecule has 1 amide bonds. The van der Waals surface area contributed by atoms with Crippen LogP contribution in [0, 0.1) is 5.41 Å². The average Bonchev–Trinajstić information content (AvgIpc) is 2.90. The van der Waals surface area contributed by atoms with Gasteiger partial charge in [0.25, 0.3) is 5.91 Å². The monoisotopic (exact) mass is 493 g/mol. The molecule has 0 aromatic heterocycles. The summed E-state index contributed by atoms with van der Waals surface area (Å²) >= 11 is 1.35. The van der Waals surface area contributed by atoms with Crippen molar-refractivity contribution in [2.75, 3.05) is 6.54 Å². The highest BCUT2D eigenvalue weighted by molar-refractivity contribution is 8.14. The molecule has 2 aromatic rings. The van der Waals surface area contributed by atoms with Gasteiger partial charge in [-0.3, -0.25) is 14.4 Å². The van der Waals surface area contributed by atoms with Crippen LogP contribution in [0.5, 0.6) is 0 Å². The summed E-state index contributed by atoms with van der Waals surface area (Å²) in [5.74, 6) is -0.875. The molecule has 2 atom stereocenters. The molecule has 188 valence electrons. The van der Waals surface area contributed by atoms with E-state index in [1.807, 2.05) is 45.0 Å². The van der Waals surface area contributed by atoms with E-state index in [-0.39, 0.29) is 16.1 Å². The SMILES string of the molecule is CCC(C)(C)C(=O)C(=O)N1CCCCC1C(=O)SC(CCCCc1ccccc1)c1ccccc1. The van der Waals surface area contributed by atoms with Crippen molar-refractivity contribution in [1.29, 1.82) is 0 Å². The molecule has 1 fully saturated rings. The van der Waals surface area contributed by atoms with Gasteiger partial charge in [-0.05, 0) is 56.1 Å². The second-order valence-corrected chi connectivity index (χ2v) is 11.4. The molecular weight excluding hydrogens is 454 g/mol. The number of aryl methyl sites for hydroxylation is 1. The largest absolute Gasteiger partial charge is 0.325 e. The van der Waals surface area contributed by atoms with E-state index in [9.17, 15) is 14.4 Å². The highest BCUT2D eigenvalue weighted by Gasteiger charge is 2.40. The number of Topliss-reactive ketones (excluding diaryl/α,β-unsaturated/α-hetero) is 1. The molecule has 4 nitrogen and oxygen atoms in total. The molecule has 5 heteroatoms. The predicted molar refractivity (Wildman–Crippen MR) is 144 cm³/mol. The summed E-state index contributed by atoms with van der Waals surface area (Å²) in [5.41, 5.74) is 1.77. The molecule has 1 aliphatic heterocycles. The minimum Gasteiger partial charge on any atom is -0.325 e. The normalized spacial score (nSPS) is 17.1. The minimum atomic E-state index is -0.708. The summed E-state index contributed by atoms with van der Waals surface area (Å²) in [6, 6.07) is 20.1. The maximum atomic E-state index is 13.6. The first-order valence-corrected chi connectivity index (χ1v) is 13.9. The second-order valence-electron chi connectivity index (χ2n) is 10.1. The highest BCUT2D eigenvalue weighted by atomic mass is 32.2. The topological polar surface area (TPSA) is 54.5 Å². The van der Waals surface area contributed by atoms with Crippen LogP contribution in [0.3, 0.4) is 0 Å². The molecule has 2 aromatic carbocycles. The molecule has 2 unspecified atom stereocenters. The molecule has 1 heterocycles. The van der Waals surface area contributed by atoms with Crippen LogP contribution >= 0.6 is 11.8 Å². The van der Waals surface area contributed by atoms with Crippen molar-refractivity contribution in [1.82, 2.24) is 4.90 Å². The number of likely N-dealkylation sites (tertiary alicyclic amines) is 1. The Morgan fingerprint density at radius 3 is 2.29 bits per heavy atom. The van der Waals surface area contributed by atoms with E-state index in [2.05, 4.69) is 36.4 Å². The van der Waals surface area contributed by atoms with Gasteiger partial charge in [-0.15, -0.1) is 0 Å². The zero-order valence-electron chi connectivity index (χ0n) is 21.4. The van der Waals surface area contributed by atoms with Crippen molar-refractivity contribution >= 4 is 28.6 Å². The molecule has 1 aliphatic rings. The number of unbranched alkanes of at least 4 members (excludes halogenated alkanes) is 1. The van der Waals surface area contributed by atoms with Crippen LogP contribution in [0.2, 0.25) is 0 Å². The number of ketones is 1. The summed E-state index contributed by atoms with van der Waals surface area (Å²) in [7, 11) is 0. The van der Waals surface area contributed by atoms with Gasteiger partial charge in [0, 0.05) is 17.2 Å². The van der Waals surface area contributed by atoms with Crippen LogP contribution in [0.4, 0.5) is 0 Å². The Labute approximate surface area is 214 Å². The van der Waals surface area contributed by atoms with Crippen molar-refractivity contribution in [2.45, 2.75) is 83.4 Å². The number of nitrogens with zero attached hydrogens (tertiary/aromatic N) is 1. The summed E-state index contributed by atoms with van der Waals surface area (Å²) in [6.07, 6.45) is 6.98. The first-order chi connectivity index (χ1) is 16.8. The second kappa shape index (κ2) is 13.1. The fraction of sp³-hybridized carbons (Fsp3) is 0.500. The Morgan fingerprint density at radius 2 is 1.63 bits per heavy atom. The summed E-state index contributed by atoms with van der Waals surface area (Å²) in [5, 5.41) is 0.0539. The molecule has 1 saturated heterocycles. The maximum Gasteiger partial charge on any atom is 0.291 e. The fourth-order valence-electron chi connectivity index (χ4n) is 4.48. The van der Waals surface area contributed by atoms with E-state index in [0.29, 0.717) is 19.4 Å². The third-order valence-corrected chi connectivity index (χ3v) is 8.48. The number of hydrogen-bond donors (Lipinski definition) is 0. The van der Waals surface area contributed by atoms with Gasteiger partial charge >= 0.3 is 0 Å². The zero-order chi connectivity index (χ0) is 25.3. The van der Waals surface area contributed by atoms with Crippen LogP contribution in [0.25, 0.3) is 0 Å². The van der Waals surface area contributed by atoms with Gasteiger partial charge in [-0.25, -0.2) is 0 Å². The van der Waals surface area contributed by atoms with Gasteiger partial charge in [0.05, 0.1) is 0 Å². The van der Waals surface area contributed by atoms with Crippen molar-refractivity contribution in [3.8, 4) is 0 Å². The van der Waals surface area contributed by atoms with Gasteiger partial charge < -0.3 is 4.90 Å². The third kappa shape index (κ3) is 7.54. The summed E-state index contributed by atoms with van der Waals surface area (Å²) in [6.45, 7) is 6.02. The Hall–Kier alpha value is -2.40.